The van der Waals surface area contributed by atoms with Gasteiger partial charge in [0.05, 0.1) is 24.9 Å². The Balaban J connectivity index is 1.61. The molecule has 0 spiro atoms. The second-order valence-corrected chi connectivity index (χ2v) is 13.0. The molecule has 47 heavy (non-hydrogen) atoms. The third-order valence-electron chi connectivity index (χ3n) is 10.4. The van der Waals surface area contributed by atoms with Gasteiger partial charge in [-0.15, -0.1) is 0 Å². The lowest BCUT2D eigenvalue weighted by Crippen LogP contribution is -2.65. The zero-order chi connectivity index (χ0) is 34.7. The van der Waals surface area contributed by atoms with Crippen LogP contribution in [0.2, 0.25) is 0 Å². The summed E-state index contributed by atoms with van der Waals surface area (Å²) in [6, 6.07) is 2.74. The fraction of sp³-hybridized carbons (Fsp3) is 0.441. The van der Waals surface area contributed by atoms with Gasteiger partial charge in [0.2, 0.25) is 0 Å². The number of ether oxygens (including phenoxy) is 3. The van der Waals surface area contributed by atoms with Crippen LogP contribution in [0.3, 0.4) is 0 Å². The van der Waals surface area contributed by atoms with Crippen molar-refractivity contribution in [3.8, 4) is 34.1 Å². The summed E-state index contributed by atoms with van der Waals surface area (Å²) in [6.07, 6.45) is -3.14. The normalized spacial score (nSPS) is 31.3. The van der Waals surface area contributed by atoms with E-state index >= 15 is 0 Å². The number of aliphatic hydroxyl groups is 5. The number of carbonyl (C=O) groups excluding carboxylic acids is 3. The lowest BCUT2D eigenvalue weighted by atomic mass is 9.65. The Morgan fingerprint density at radius 3 is 1.87 bits per heavy atom. The van der Waals surface area contributed by atoms with Gasteiger partial charge in [-0.05, 0) is 48.9 Å². The highest BCUT2D eigenvalue weighted by atomic mass is 16.6. The van der Waals surface area contributed by atoms with Crippen molar-refractivity contribution in [1.82, 2.24) is 0 Å². The fourth-order valence-corrected chi connectivity index (χ4v) is 7.67. The molecule has 7 unspecified atom stereocenters. The molecule has 13 heteroatoms. The van der Waals surface area contributed by atoms with Gasteiger partial charge < -0.3 is 50.0 Å². The van der Waals surface area contributed by atoms with Gasteiger partial charge in [-0.2, -0.15) is 0 Å². The van der Waals surface area contributed by atoms with Crippen LogP contribution in [0.4, 0.5) is 0 Å². The van der Waals surface area contributed by atoms with Crippen molar-refractivity contribution >= 4 is 29.1 Å². The number of phenols is 2. The summed E-state index contributed by atoms with van der Waals surface area (Å²) in [5.41, 5.74) is -5.73. The maximum atomic E-state index is 13.6. The Kier molecular flexibility index (Phi) is 7.20. The molecule has 2 fully saturated rings. The first kappa shape index (κ1) is 32.4. The zero-order valence-corrected chi connectivity index (χ0v) is 26.5. The highest BCUT2D eigenvalue weighted by molar-refractivity contribution is 6.14. The number of Topliss-reactive ketones (excluding diaryl/α,β-unsaturated/α-hetero) is 2. The molecule has 0 bridgehead atoms. The first-order chi connectivity index (χ1) is 22.0. The lowest BCUT2D eigenvalue weighted by Gasteiger charge is -2.47. The minimum atomic E-state index is -2.43. The van der Waals surface area contributed by atoms with E-state index < -0.39 is 105 Å². The van der Waals surface area contributed by atoms with E-state index in [1.54, 1.807) is 20.8 Å². The largest absolute Gasteiger partial charge is 0.506 e. The minimum Gasteiger partial charge on any atom is -0.506 e. The number of aromatic hydroxyl groups is 2. The van der Waals surface area contributed by atoms with Crippen molar-refractivity contribution in [2.75, 3.05) is 13.7 Å². The fourth-order valence-electron chi connectivity index (χ4n) is 7.67. The van der Waals surface area contributed by atoms with Crippen LogP contribution in [-0.2, 0) is 19.1 Å². The maximum absolute atomic E-state index is 13.6. The molecule has 6 rings (SSSR count). The van der Waals surface area contributed by atoms with E-state index in [0.717, 1.165) is 7.11 Å². The van der Waals surface area contributed by atoms with E-state index in [-0.39, 0.29) is 45.7 Å². The topological polar surface area (TPSA) is 221 Å². The van der Waals surface area contributed by atoms with E-state index in [9.17, 15) is 50.1 Å². The third-order valence-corrected chi connectivity index (χ3v) is 10.4. The van der Waals surface area contributed by atoms with Crippen molar-refractivity contribution in [3.05, 3.63) is 45.5 Å². The van der Waals surface area contributed by atoms with Crippen LogP contribution < -0.4 is 9.47 Å². The number of aryl methyl sites for hydroxylation is 2. The van der Waals surface area contributed by atoms with Gasteiger partial charge in [-0.3, -0.25) is 9.59 Å². The number of rotatable bonds is 3. The van der Waals surface area contributed by atoms with E-state index in [1.807, 2.05) is 0 Å². The van der Waals surface area contributed by atoms with Gasteiger partial charge >= 0.3 is 5.97 Å². The van der Waals surface area contributed by atoms with Crippen LogP contribution in [-0.4, -0.2) is 90.4 Å². The maximum Gasteiger partial charge on any atom is 0.358 e. The van der Waals surface area contributed by atoms with Crippen LogP contribution in [0.15, 0.2) is 23.3 Å². The van der Waals surface area contributed by atoms with Crippen molar-refractivity contribution in [2.24, 2.45) is 17.8 Å². The number of aliphatic hydroxyl groups excluding tert-OH is 5. The van der Waals surface area contributed by atoms with Crippen LogP contribution in [0.5, 0.6) is 23.0 Å². The number of ketones is 2. The van der Waals surface area contributed by atoms with E-state index in [1.165, 1.54) is 26.0 Å². The van der Waals surface area contributed by atoms with E-state index in [0.29, 0.717) is 0 Å². The minimum absolute atomic E-state index is 0.0504. The molecule has 0 radical (unpaired) electrons. The molecule has 2 aromatic rings. The Morgan fingerprint density at radius 1 is 0.851 bits per heavy atom. The van der Waals surface area contributed by atoms with E-state index in [2.05, 4.69) is 0 Å². The molecule has 0 aromatic heterocycles. The highest BCUT2D eigenvalue weighted by Crippen LogP contribution is 2.57. The molecule has 7 atom stereocenters. The molecule has 2 aliphatic heterocycles. The smallest absolute Gasteiger partial charge is 0.358 e. The molecule has 0 saturated heterocycles. The molecule has 250 valence electrons. The van der Waals surface area contributed by atoms with E-state index in [4.69, 9.17) is 14.2 Å². The quantitative estimate of drug-likeness (QED) is 0.237. The third kappa shape index (κ3) is 3.90. The summed E-state index contributed by atoms with van der Waals surface area (Å²) in [4.78, 5) is 39.9. The summed E-state index contributed by atoms with van der Waals surface area (Å²) in [5.74, 6) is -7.91. The number of phenolic OH excluding ortho intramolecular Hbond substituents is 2. The number of hydrogen-bond acceptors (Lipinski definition) is 13. The summed E-state index contributed by atoms with van der Waals surface area (Å²) in [6.45, 7) is 6.91. The van der Waals surface area contributed by atoms with Crippen molar-refractivity contribution in [2.45, 2.75) is 64.4 Å². The Hall–Kier alpha value is -4.59. The molecule has 2 heterocycles. The van der Waals surface area contributed by atoms with Crippen molar-refractivity contribution in [1.29, 1.82) is 0 Å². The first-order valence-corrected chi connectivity index (χ1v) is 15.1. The molecule has 4 aliphatic rings. The van der Waals surface area contributed by atoms with Gasteiger partial charge in [0.15, 0.2) is 17.2 Å². The Morgan fingerprint density at radius 2 is 1.36 bits per heavy atom. The van der Waals surface area contributed by atoms with Crippen molar-refractivity contribution in [3.63, 3.8) is 0 Å². The van der Waals surface area contributed by atoms with Gasteiger partial charge in [0.1, 0.15) is 57.9 Å². The van der Waals surface area contributed by atoms with Crippen LogP contribution in [0.25, 0.3) is 22.6 Å². The zero-order valence-electron chi connectivity index (χ0n) is 26.5. The van der Waals surface area contributed by atoms with Crippen LogP contribution in [0, 0.1) is 31.6 Å². The highest BCUT2D eigenvalue weighted by Gasteiger charge is 2.65. The van der Waals surface area contributed by atoms with Gasteiger partial charge in [-0.1, -0.05) is 20.8 Å². The molecule has 7 N–H and O–H groups in total. The molecule has 2 aliphatic carbocycles. The second kappa shape index (κ2) is 10.5. The first-order valence-electron chi connectivity index (χ1n) is 15.1. The number of methoxy groups -OCH3 is 1. The number of fused-ring (bicyclic) bond motifs is 4. The summed E-state index contributed by atoms with van der Waals surface area (Å²) in [5, 5.41) is 79.2. The lowest BCUT2D eigenvalue weighted by molar-refractivity contribution is -0.176. The Labute approximate surface area is 268 Å². The monoisotopic (exact) mass is 652 g/mol. The average Bonchev–Trinajstić information content (AvgIpc) is 3.01. The van der Waals surface area contributed by atoms with Gasteiger partial charge in [-0.25, -0.2) is 4.79 Å². The SMILES string of the molecule is COC(=O)C12Oc3cc(C)c(-c4c(C)cc5c(c4O)C(O)=C4C(=O)CC(C)C(O)C4(CO)O5)c(O)c3C(O)=C1C(=O)C(C)C(C)C2O. The molecular weight excluding hydrogens is 616 g/mol. The second-order valence-electron chi connectivity index (χ2n) is 13.0. The Bertz CT molecular complexity index is 1850. The van der Waals surface area contributed by atoms with Crippen LogP contribution >= 0.6 is 0 Å². The molecule has 2 aromatic carbocycles. The molecule has 0 amide bonds. The van der Waals surface area contributed by atoms with Crippen molar-refractivity contribution < 1.29 is 64.3 Å². The van der Waals surface area contributed by atoms with Gasteiger partial charge in [0.25, 0.3) is 5.60 Å². The number of esters is 1. The summed E-state index contributed by atoms with van der Waals surface area (Å²) in [7, 11) is 1.04. The standard InChI is InChI=1S/C34H36O13/c1-11-8-17-21(28(40)23-16(36)7-13(3)30(42)33(23,10-35)46-17)26(38)19(11)20-12(2)9-18-22(27(20)39)29(41)24-25(37)14(4)15(5)31(43)34(24,47-18)32(44)45-6/h8-9,13-15,30-31,35,38-43H,7,10H2,1-6H3. The molecule has 13 nitrogen and oxygen atoms in total. The average molecular weight is 653 g/mol. The number of carbonyl (C=O) groups is 3. The summed E-state index contributed by atoms with van der Waals surface area (Å²) < 4.78 is 17.0. The predicted molar refractivity (Wildman–Crippen MR) is 164 cm³/mol. The van der Waals surface area contributed by atoms with Gasteiger partial charge in [0, 0.05) is 23.5 Å². The summed E-state index contributed by atoms with van der Waals surface area (Å²) >= 11 is 0. The number of hydrogen-bond donors (Lipinski definition) is 7. The molecular formula is C34H36O13. The van der Waals surface area contributed by atoms with Crippen LogP contribution in [0.1, 0.15) is 49.4 Å². The predicted octanol–water partition coefficient (Wildman–Crippen LogP) is 2.53. The molecule has 2 saturated carbocycles. The number of benzene rings is 2.